The monoisotopic (exact) mass is 228 g/mol. The topological polar surface area (TPSA) is 34.9 Å². The smallest absolute Gasteiger partial charge is 0.182 e. The Labute approximate surface area is 95.4 Å². The van der Waals surface area contributed by atoms with E-state index in [1.807, 2.05) is 6.92 Å². The van der Waals surface area contributed by atoms with Crippen LogP contribution in [0.15, 0.2) is 6.20 Å². The van der Waals surface area contributed by atoms with Crippen LogP contribution in [-0.2, 0) is 6.54 Å². The lowest BCUT2D eigenvalue weighted by Gasteiger charge is -2.08. The minimum atomic E-state index is 0.0914. The largest absolute Gasteiger partial charge is 0.292 e. The molecule has 0 radical (unpaired) electrons. The number of carbonyl (C=O) groups excluding carboxylic acids is 1. The van der Waals surface area contributed by atoms with E-state index < -0.39 is 0 Å². The lowest BCUT2D eigenvalue weighted by Crippen LogP contribution is -2.12. The third-order valence-corrected chi connectivity index (χ3v) is 2.87. The number of aromatic nitrogens is 2. The molecule has 0 amide bonds. The average molecular weight is 229 g/mol. The second-order valence-electron chi connectivity index (χ2n) is 3.80. The van der Waals surface area contributed by atoms with Gasteiger partial charge in [-0.15, -0.1) is 0 Å². The van der Waals surface area contributed by atoms with E-state index in [1.165, 1.54) is 6.20 Å². The Hall–Kier alpha value is -0.830. The summed E-state index contributed by atoms with van der Waals surface area (Å²) in [6, 6.07) is 0. The van der Waals surface area contributed by atoms with Crippen LogP contribution >= 0.6 is 11.6 Å². The summed E-state index contributed by atoms with van der Waals surface area (Å²) in [5.41, 5.74) is 0.555. The Morgan fingerprint density at radius 1 is 1.60 bits per heavy atom. The fourth-order valence-corrected chi connectivity index (χ4v) is 1.68. The Bertz CT molecular complexity index is 346. The Morgan fingerprint density at radius 3 is 2.80 bits per heavy atom. The quantitative estimate of drug-likeness (QED) is 0.726. The van der Waals surface area contributed by atoms with Crippen molar-refractivity contribution in [2.75, 3.05) is 0 Å². The first-order valence-corrected chi connectivity index (χ1v) is 5.72. The molecular formula is C11H17ClN2O. The number of nitrogens with zero attached hydrogens (tertiary/aromatic N) is 2. The molecule has 4 heteroatoms. The number of ketones is 1. The van der Waals surface area contributed by atoms with Crippen LogP contribution in [0.3, 0.4) is 0 Å². The van der Waals surface area contributed by atoms with Gasteiger partial charge in [0.25, 0.3) is 0 Å². The zero-order valence-corrected chi connectivity index (χ0v) is 10.2. The van der Waals surface area contributed by atoms with Gasteiger partial charge >= 0.3 is 0 Å². The van der Waals surface area contributed by atoms with Crippen molar-refractivity contribution in [3.8, 4) is 0 Å². The zero-order chi connectivity index (χ0) is 11.4. The highest BCUT2D eigenvalue weighted by Gasteiger charge is 2.18. The third kappa shape index (κ3) is 2.81. The first kappa shape index (κ1) is 12.2. The number of carbonyl (C=O) groups is 1. The molecule has 84 valence electrons. The van der Waals surface area contributed by atoms with Crippen LogP contribution in [0.2, 0.25) is 5.02 Å². The summed E-state index contributed by atoms with van der Waals surface area (Å²) >= 11 is 5.94. The van der Waals surface area contributed by atoms with Crippen molar-refractivity contribution in [1.82, 2.24) is 9.78 Å². The van der Waals surface area contributed by atoms with Gasteiger partial charge in [-0.05, 0) is 12.8 Å². The fourth-order valence-electron chi connectivity index (χ4n) is 1.44. The molecule has 0 spiro atoms. The molecule has 0 saturated carbocycles. The van der Waals surface area contributed by atoms with E-state index in [4.69, 9.17) is 11.6 Å². The van der Waals surface area contributed by atoms with E-state index in [0.717, 1.165) is 6.42 Å². The van der Waals surface area contributed by atoms with Crippen molar-refractivity contribution in [1.29, 1.82) is 0 Å². The highest BCUT2D eigenvalue weighted by atomic mass is 35.5. The highest BCUT2D eigenvalue weighted by Crippen LogP contribution is 2.19. The average Bonchev–Trinajstić information content (AvgIpc) is 2.59. The second kappa shape index (κ2) is 5.31. The molecule has 0 aliphatic carbocycles. The number of halogens is 1. The van der Waals surface area contributed by atoms with E-state index in [-0.39, 0.29) is 5.78 Å². The molecule has 1 unspecified atom stereocenters. The molecule has 1 heterocycles. The second-order valence-corrected chi connectivity index (χ2v) is 4.20. The molecule has 0 bridgehead atoms. The number of aryl methyl sites for hydroxylation is 1. The van der Waals surface area contributed by atoms with Gasteiger partial charge in [-0.2, -0.15) is 5.10 Å². The maximum atomic E-state index is 11.9. The van der Waals surface area contributed by atoms with Crippen molar-refractivity contribution < 1.29 is 4.79 Å². The van der Waals surface area contributed by atoms with Gasteiger partial charge in [-0.3, -0.25) is 9.48 Å². The molecule has 3 nitrogen and oxygen atoms in total. The predicted molar refractivity (Wildman–Crippen MR) is 61.3 cm³/mol. The van der Waals surface area contributed by atoms with Gasteiger partial charge in [0.05, 0.1) is 11.2 Å². The van der Waals surface area contributed by atoms with Crippen LogP contribution < -0.4 is 0 Å². The summed E-state index contributed by atoms with van der Waals surface area (Å²) in [6.07, 6.45) is 3.08. The summed E-state index contributed by atoms with van der Waals surface area (Å²) in [6.45, 7) is 6.77. The van der Waals surface area contributed by atoms with E-state index in [0.29, 0.717) is 29.6 Å². The molecule has 0 aliphatic heterocycles. The van der Waals surface area contributed by atoms with Gasteiger partial charge in [0.2, 0.25) is 0 Å². The van der Waals surface area contributed by atoms with Gasteiger partial charge in [-0.25, -0.2) is 0 Å². The van der Waals surface area contributed by atoms with Crippen LogP contribution in [0, 0.1) is 5.92 Å². The maximum absolute atomic E-state index is 11.9. The van der Waals surface area contributed by atoms with Crippen LogP contribution in [0.25, 0.3) is 0 Å². The molecule has 1 atom stereocenters. The lowest BCUT2D eigenvalue weighted by atomic mass is 10.0. The first-order chi connectivity index (χ1) is 7.10. The van der Waals surface area contributed by atoms with E-state index >= 15 is 0 Å². The van der Waals surface area contributed by atoms with E-state index in [1.54, 1.807) is 4.68 Å². The zero-order valence-electron chi connectivity index (χ0n) is 9.46. The molecule has 0 N–H and O–H groups in total. The number of hydrogen-bond acceptors (Lipinski definition) is 2. The molecule has 0 aromatic carbocycles. The highest BCUT2D eigenvalue weighted by molar-refractivity contribution is 6.33. The number of Topliss-reactive ketones (excluding diaryl/α,β-unsaturated/α-hetero) is 1. The number of rotatable bonds is 5. The van der Waals surface area contributed by atoms with Gasteiger partial charge in [0.1, 0.15) is 5.69 Å². The van der Waals surface area contributed by atoms with Crippen molar-refractivity contribution in [2.24, 2.45) is 5.92 Å². The summed E-state index contributed by atoms with van der Waals surface area (Å²) in [5, 5.41) is 4.52. The van der Waals surface area contributed by atoms with Crippen molar-refractivity contribution in [3.63, 3.8) is 0 Å². The molecule has 0 aliphatic rings. The van der Waals surface area contributed by atoms with E-state index in [2.05, 4.69) is 18.9 Å². The first-order valence-electron chi connectivity index (χ1n) is 5.34. The minimum Gasteiger partial charge on any atom is -0.292 e. The van der Waals surface area contributed by atoms with Crippen molar-refractivity contribution in [2.45, 2.75) is 40.2 Å². The van der Waals surface area contributed by atoms with E-state index in [9.17, 15) is 4.79 Å². The normalized spacial score (nSPS) is 12.8. The Balaban J connectivity index is 2.85. The molecule has 0 saturated heterocycles. The molecule has 0 fully saturated rings. The Kier molecular flexibility index (Phi) is 4.33. The SMILES string of the molecule is CCC(C)CC(=O)c1c(Cl)cnn1CC. The summed E-state index contributed by atoms with van der Waals surface area (Å²) in [5.74, 6) is 0.488. The predicted octanol–water partition coefficient (Wildman–Crippen LogP) is 3.18. The molecule has 1 rings (SSSR count). The molecule has 1 aromatic rings. The summed E-state index contributed by atoms with van der Waals surface area (Å²) in [4.78, 5) is 11.9. The fraction of sp³-hybridized carbons (Fsp3) is 0.636. The van der Waals surface area contributed by atoms with Crippen LogP contribution in [0.1, 0.15) is 44.1 Å². The van der Waals surface area contributed by atoms with Gasteiger partial charge in [0.15, 0.2) is 5.78 Å². The Morgan fingerprint density at radius 2 is 2.27 bits per heavy atom. The summed E-state index contributed by atoms with van der Waals surface area (Å²) in [7, 11) is 0. The lowest BCUT2D eigenvalue weighted by molar-refractivity contribution is 0.0953. The minimum absolute atomic E-state index is 0.0914. The third-order valence-electron chi connectivity index (χ3n) is 2.59. The van der Waals surface area contributed by atoms with Gasteiger partial charge < -0.3 is 0 Å². The van der Waals surface area contributed by atoms with Crippen LogP contribution in [0.4, 0.5) is 0 Å². The van der Waals surface area contributed by atoms with Gasteiger partial charge in [0, 0.05) is 13.0 Å². The maximum Gasteiger partial charge on any atom is 0.182 e. The van der Waals surface area contributed by atoms with Crippen LogP contribution in [0.5, 0.6) is 0 Å². The van der Waals surface area contributed by atoms with Crippen LogP contribution in [-0.4, -0.2) is 15.6 Å². The molecular weight excluding hydrogens is 212 g/mol. The van der Waals surface area contributed by atoms with Crippen molar-refractivity contribution >= 4 is 17.4 Å². The van der Waals surface area contributed by atoms with Crippen molar-refractivity contribution in [3.05, 3.63) is 16.9 Å². The standard InChI is InChI=1S/C11H17ClN2O/c1-4-8(3)6-10(15)11-9(12)7-13-14(11)5-2/h7-8H,4-6H2,1-3H3. The number of hydrogen-bond donors (Lipinski definition) is 0. The molecule has 15 heavy (non-hydrogen) atoms. The summed E-state index contributed by atoms with van der Waals surface area (Å²) < 4.78 is 1.66. The molecule has 1 aromatic heterocycles. The van der Waals surface area contributed by atoms with Gasteiger partial charge in [-0.1, -0.05) is 31.9 Å².